The van der Waals surface area contributed by atoms with Crippen molar-refractivity contribution >= 4 is 15.9 Å². The number of halogens is 1. The topological polar surface area (TPSA) is 38.0 Å². The van der Waals surface area contributed by atoms with E-state index < -0.39 is 0 Å². The first-order chi connectivity index (χ1) is 6.69. The second-order valence-corrected chi connectivity index (χ2v) is 4.37. The summed E-state index contributed by atoms with van der Waals surface area (Å²) < 4.78 is 1.15. The zero-order chi connectivity index (χ0) is 10.6. The van der Waals surface area contributed by atoms with E-state index in [0.29, 0.717) is 0 Å². The predicted molar refractivity (Wildman–Crippen MR) is 63.9 cm³/mol. The normalized spacial score (nSPS) is 12.9. The van der Waals surface area contributed by atoms with Crippen LogP contribution in [0.2, 0.25) is 0 Å². The molecular weight excluding hydrogens is 240 g/mol. The molecule has 2 nitrogen and oxygen atoms in total. The molecule has 3 heteroatoms. The Hall–Kier alpha value is -0.380. The summed E-state index contributed by atoms with van der Waals surface area (Å²) in [5, 5.41) is 0. The zero-order valence-electron chi connectivity index (χ0n) is 8.68. The van der Waals surface area contributed by atoms with Crippen LogP contribution < -0.4 is 11.3 Å². The van der Waals surface area contributed by atoms with Crippen molar-refractivity contribution in [1.29, 1.82) is 0 Å². The lowest BCUT2D eigenvalue weighted by Gasteiger charge is -2.16. The van der Waals surface area contributed by atoms with Crippen LogP contribution in [0.15, 0.2) is 22.7 Å². The minimum Gasteiger partial charge on any atom is -0.271 e. The van der Waals surface area contributed by atoms with Crippen molar-refractivity contribution in [1.82, 2.24) is 5.43 Å². The lowest BCUT2D eigenvalue weighted by atomic mass is 10.0. The van der Waals surface area contributed by atoms with Crippen LogP contribution in [0.1, 0.15) is 36.9 Å². The standard InChI is InChI=1S/C11H17BrN2/c1-3-4-11(14-13)9-5-6-10(12)8(2)7-9/h5-7,11,14H,3-4,13H2,1-2H3. The van der Waals surface area contributed by atoms with Crippen molar-refractivity contribution in [3.05, 3.63) is 33.8 Å². The van der Waals surface area contributed by atoms with E-state index in [-0.39, 0.29) is 6.04 Å². The molecule has 14 heavy (non-hydrogen) atoms. The molecule has 0 aliphatic rings. The van der Waals surface area contributed by atoms with Gasteiger partial charge in [0, 0.05) is 10.5 Å². The fourth-order valence-corrected chi connectivity index (χ4v) is 1.77. The Morgan fingerprint density at radius 3 is 2.71 bits per heavy atom. The Labute approximate surface area is 94.0 Å². The molecule has 78 valence electrons. The number of hydrogen-bond acceptors (Lipinski definition) is 2. The van der Waals surface area contributed by atoms with Gasteiger partial charge in [0.15, 0.2) is 0 Å². The highest BCUT2D eigenvalue weighted by molar-refractivity contribution is 9.10. The second kappa shape index (κ2) is 5.49. The van der Waals surface area contributed by atoms with Crippen molar-refractivity contribution in [3.8, 4) is 0 Å². The molecule has 1 aromatic carbocycles. The summed E-state index contributed by atoms with van der Waals surface area (Å²) in [5.41, 5.74) is 5.36. The summed E-state index contributed by atoms with van der Waals surface area (Å²) in [6.45, 7) is 4.25. The van der Waals surface area contributed by atoms with Gasteiger partial charge in [0.25, 0.3) is 0 Å². The molecule has 0 heterocycles. The van der Waals surface area contributed by atoms with E-state index in [0.717, 1.165) is 17.3 Å². The van der Waals surface area contributed by atoms with E-state index >= 15 is 0 Å². The van der Waals surface area contributed by atoms with Gasteiger partial charge in [-0.05, 0) is 30.5 Å². The minimum absolute atomic E-state index is 0.270. The van der Waals surface area contributed by atoms with E-state index in [1.807, 2.05) is 0 Å². The maximum atomic E-state index is 5.52. The summed E-state index contributed by atoms with van der Waals surface area (Å²) in [5.74, 6) is 5.52. The monoisotopic (exact) mass is 256 g/mol. The van der Waals surface area contributed by atoms with Crippen LogP contribution in [0, 0.1) is 6.92 Å². The van der Waals surface area contributed by atoms with Gasteiger partial charge in [-0.25, -0.2) is 0 Å². The third kappa shape index (κ3) is 2.80. The molecule has 3 N–H and O–H groups in total. The zero-order valence-corrected chi connectivity index (χ0v) is 10.3. The predicted octanol–water partition coefficient (Wildman–Crippen LogP) is 3.06. The Morgan fingerprint density at radius 2 is 2.21 bits per heavy atom. The largest absolute Gasteiger partial charge is 0.271 e. The number of hydrazine groups is 1. The average Bonchev–Trinajstić information content (AvgIpc) is 2.19. The first-order valence-electron chi connectivity index (χ1n) is 4.91. The van der Waals surface area contributed by atoms with Gasteiger partial charge in [0.1, 0.15) is 0 Å². The van der Waals surface area contributed by atoms with Gasteiger partial charge >= 0.3 is 0 Å². The van der Waals surface area contributed by atoms with E-state index in [1.165, 1.54) is 11.1 Å². The van der Waals surface area contributed by atoms with Crippen LogP contribution in [-0.2, 0) is 0 Å². The first-order valence-corrected chi connectivity index (χ1v) is 5.70. The highest BCUT2D eigenvalue weighted by Crippen LogP contribution is 2.23. The molecular formula is C11H17BrN2. The van der Waals surface area contributed by atoms with Gasteiger partial charge in [0.2, 0.25) is 0 Å². The van der Waals surface area contributed by atoms with Crippen LogP contribution in [0.5, 0.6) is 0 Å². The van der Waals surface area contributed by atoms with Crippen LogP contribution >= 0.6 is 15.9 Å². The Kier molecular flexibility index (Phi) is 4.58. The number of aryl methyl sites for hydroxylation is 1. The van der Waals surface area contributed by atoms with Crippen molar-refractivity contribution in [2.45, 2.75) is 32.7 Å². The average molecular weight is 257 g/mol. The minimum atomic E-state index is 0.270. The Bertz CT molecular complexity index is 299. The van der Waals surface area contributed by atoms with Gasteiger partial charge in [0.05, 0.1) is 0 Å². The molecule has 1 aromatic rings. The summed E-state index contributed by atoms with van der Waals surface area (Å²) >= 11 is 3.49. The van der Waals surface area contributed by atoms with Gasteiger partial charge in [-0.1, -0.05) is 41.4 Å². The third-order valence-electron chi connectivity index (χ3n) is 2.36. The molecule has 0 spiro atoms. The van der Waals surface area contributed by atoms with Crippen LogP contribution in [0.3, 0.4) is 0 Å². The van der Waals surface area contributed by atoms with Crippen molar-refractivity contribution in [2.24, 2.45) is 5.84 Å². The highest BCUT2D eigenvalue weighted by Gasteiger charge is 2.08. The van der Waals surface area contributed by atoms with Gasteiger partial charge in [-0.15, -0.1) is 0 Å². The number of nitrogens with one attached hydrogen (secondary N) is 1. The fraction of sp³-hybridized carbons (Fsp3) is 0.455. The molecule has 0 aliphatic heterocycles. The molecule has 0 saturated heterocycles. The fourth-order valence-electron chi connectivity index (χ4n) is 1.52. The van der Waals surface area contributed by atoms with Gasteiger partial charge < -0.3 is 0 Å². The summed E-state index contributed by atoms with van der Waals surface area (Å²) in [4.78, 5) is 0. The number of benzene rings is 1. The maximum absolute atomic E-state index is 5.52. The molecule has 1 rings (SSSR count). The molecule has 0 amide bonds. The number of hydrogen-bond donors (Lipinski definition) is 2. The second-order valence-electron chi connectivity index (χ2n) is 3.52. The molecule has 1 unspecified atom stereocenters. The quantitative estimate of drug-likeness (QED) is 0.642. The van der Waals surface area contributed by atoms with Crippen molar-refractivity contribution in [3.63, 3.8) is 0 Å². The van der Waals surface area contributed by atoms with Crippen LogP contribution in [-0.4, -0.2) is 0 Å². The summed E-state index contributed by atoms with van der Waals surface area (Å²) in [6.07, 6.45) is 2.20. The smallest absolute Gasteiger partial charge is 0.0460 e. The van der Waals surface area contributed by atoms with E-state index in [1.54, 1.807) is 0 Å². The van der Waals surface area contributed by atoms with Crippen LogP contribution in [0.25, 0.3) is 0 Å². The molecule has 1 atom stereocenters. The molecule has 0 saturated carbocycles. The molecule has 0 aromatic heterocycles. The van der Waals surface area contributed by atoms with Crippen molar-refractivity contribution < 1.29 is 0 Å². The lowest BCUT2D eigenvalue weighted by Crippen LogP contribution is -2.27. The molecule has 0 aliphatic carbocycles. The third-order valence-corrected chi connectivity index (χ3v) is 3.25. The first kappa shape index (κ1) is 11.7. The van der Waals surface area contributed by atoms with E-state index in [2.05, 4.69) is 53.4 Å². The van der Waals surface area contributed by atoms with Crippen LogP contribution in [0.4, 0.5) is 0 Å². The molecule has 0 bridgehead atoms. The Morgan fingerprint density at radius 1 is 1.50 bits per heavy atom. The summed E-state index contributed by atoms with van der Waals surface area (Å²) in [6, 6.07) is 6.62. The van der Waals surface area contributed by atoms with Gasteiger partial charge in [-0.2, -0.15) is 0 Å². The van der Waals surface area contributed by atoms with Gasteiger partial charge in [-0.3, -0.25) is 11.3 Å². The maximum Gasteiger partial charge on any atom is 0.0460 e. The molecule has 0 radical (unpaired) electrons. The van der Waals surface area contributed by atoms with Crippen molar-refractivity contribution in [2.75, 3.05) is 0 Å². The van der Waals surface area contributed by atoms with E-state index in [4.69, 9.17) is 5.84 Å². The van der Waals surface area contributed by atoms with E-state index in [9.17, 15) is 0 Å². The highest BCUT2D eigenvalue weighted by atomic mass is 79.9. The Balaban J connectivity index is 2.88. The number of nitrogens with two attached hydrogens (primary N) is 1. The summed E-state index contributed by atoms with van der Waals surface area (Å²) in [7, 11) is 0. The molecule has 0 fully saturated rings. The lowest BCUT2D eigenvalue weighted by molar-refractivity contribution is 0.510. The number of rotatable bonds is 4. The SMILES string of the molecule is CCCC(NN)c1ccc(Br)c(C)c1.